The highest BCUT2D eigenvalue weighted by Crippen LogP contribution is 2.32. The van der Waals surface area contributed by atoms with E-state index < -0.39 is 15.3 Å². The number of amides is 2. The van der Waals surface area contributed by atoms with Crippen LogP contribution in [-0.2, 0) is 10.0 Å². The quantitative estimate of drug-likeness (QED) is 0.771. The van der Waals surface area contributed by atoms with Crippen molar-refractivity contribution in [3.05, 3.63) is 35.4 Å². The summed E-state index contributed by atoms with van der Waals surface area (Å²) in [5, 5.41) is 8.43. The van der Waals surface area contributed by atoms with Crippen molar-refractivity contribution in [3.8, 4) is 6.07 Å². The van der Waals surface area contributed by atoms with Crippen LogP contribution in [0.5, 0.6) is 0 Å². The zero-order chi connectivity index (χ0) is 19.9. The number of benzene rings is 1. The molecule has 0 atom stereocenters. The number of carbonyl (C=O) groups excluding carboxylic acids is 1. The molecule has 3 fully saturated rings. The van der Waals surface area contributed by atoms with Gasteiger partial charge in [-0.3, -0.25) is 0 Å². The number of rotatable bonds is 4. The topological polar surface area (TPSA) is 84.7 Å². The van der Waals surface area contributed by atoms with E-state index in [0.29, 0.717) is 43.7 Å². The third-order valence-electron chi connectivity index (χ3n) is 6.26. The summed E-state index contributed by atoms with van der Waals surface area (Å²) in [6.45, 7) is 1.63. The lowest BCUT2D eigenvalue weighted by molar-refractivity contribution is 0.133. The minimum atomic E-state index is -3.36. The van der Waals surface area contributed by atoms with E-state index in [2.05, 4.69) is 6.07 Å². The zero-order valence-electron chi connectivity index (χ0n) is 16.1. The van der Waals surface area contributed by atoms with Crippen molar-refractivity contribution >= 4 is 16.1 Å². The Balaban J connectivity index is 1.30. The number of nitrogens with zero attached hydrogens (tertiary/aromatic N) is 4. The molecule has 1 aliphatic carbocycles. The maximum atomic E-state index is 12.9. The number of carbonyl (C=O) groups is 1. The van der Waals surface area contributed by atoms with Crippen molar-refractivity contribution in [2.24, 2.45) is 0 Å². The minimum Gasteiger partial charge on any atom is -0.325 e. The van der Waals surface area contributed by atoms with Crippen molar-refractivity contribution in [2.75, 3.05) is 33.2 Å². The Bertz CT molecular complexity index is 875. The summed E-state index contributed by atoms with van der Waals surface area (Å²) in [6, 6.07) is 9.98. The summed E-state index contributed by atoms with van der Waals surface area (Å²) in [5.74, 6) is 0.325. The maximum absolute atomic E-state index is 12.9. The summed E-state index contributed by atoms with van der Waals surface area (Å²) in [4.78, 5) is 15.7. The van der Waals surface area contributed by atoms with Crippen molar-refractivity contribution < 1.29 is 13.2 Å². The van der Waals surface area contributed by atoms with Crippen LogP contribution in [0.15, 0.2) is 24.3 Å². The van der Waals surface area contributed by atoms with Crippen LogP contribution < -0.4 is 0 Å². The van der Waals surface area contributed by atoms with Crippen LogP contribution in [0.25, 0.3) is 0 Å². The van der Waals surface area contributed by atoms with E-state index in [4.69, 9.17) is 5.26 Å². The van der Waals surface area contributed by atoms with Gasteiger partial charge < -0.3 is 9.80 Å². The van der Waals surface area contributed by atoms with Crippen molar-refractivity contribution in [3.63, 3.8) is 0 Å². The van der Waals surface area contributed by atoms with Gasteiger partial charge in [0.05, 0.1) is 11.6 Å². The number of nitriles is 1. The molecule has 1 saturated carbocycles. The molecule has 7 nitrogen and oxygen atoms in total. The third kappa shape index (κ3) is 3.61. The Morgan fingerprint density at radius 2 is 1.71 bits per heavy atom. The number of likely N-dealkylation sites (tertiary alicyclic amines) is 1. The number of hydrogen-bond acceptors (Lipinski definition) is 4. The monoisotopic (exact) mass is 402 g/mol. The zero-order valence-corrected chi connectivity index (χ0v) is 16.9. The Labute approximate surface area is 166 Å². The van der Waals surface area contributed by atoms with E-state index in [9.17, 15) is 13.2 Å². The Hall–Kier alpha value is -2.11. The lowest BCUT2D eigenvalue weighted by Gasteiger charge is -2.43. The molecular weight excluding hydrogens is 376 g/mol. The molecule has 2 heterocycles. The molecule has 0 aromatic heterocycles. The first kappa shape index (κ1) is 19.2. The summed E-state index contributed by atoms with van der Waals surface area (Å²) in [6.07, 6.45) is 3.66. The molecule has 28 heavy (non-hydrogen) atoms. The standard InChI is InChI=1S/C20H26N4O3S/c1-22(18-6-7-18)20(25)23-13-19(14-23)28(26,27)24-10-8-17(9-11-24)16-4-2-15(12-21)3-5-16/h2-5,17-19H,6-11,13-14H2,1H3. The Morgan fingerprint density at radius 1 is 1.11 bits per heavy atom. The summed E-state index contributed by atoms with van der Waals surface area (Å²) >= 11 is 0. The molecule has 150 valence electrons. The van der Waals surface area contributed by atoms with Gasteiger partial charge in [-0.2, -0.15) is 5.26 Å². The number of sulfonamides is 1. The van der Waals surface area contributed by atoms with E-state index in [1.165, 1.54) is 5.56 Å². The van der Waals surface area contributed by atoms with Gasteiger partial charge in [0.1, 0.15) is 5.25 Å². The summed E-state index contributed by atoms with van der Waals surface area (Å²) in [7, 11) is -1.56. The van der Waals surface area contributed by atoms with Crippen LogP contribution in [0.3, 0.4) is 0 Å². The maximum Gasteiger partial charge on any atom is 0.320 e. The number of hydrogen-bond donors (Lipinski definition) is 0. The van der Waals surface area contributed by atoms with Gasteiger partial charge in [0, 0.05) is 39.3 Å². The van der Waals surface area contributed by atoms with Crippen LogP contribution >= 0.6 is 0 Å². The molecule has 1 aromatic rings. The largest absolute Gasteiger partial charge is 0.325 e. The number of urea groups is 1. The second-order valence-electron chi connectivity index (χ2n) is 8.10. The highest BCUT2D eigenvalue weighted by Gasteiger charge is 2.45. The molecule has 2 saturated heterocycles. The van der Waals surface area contributed by atoms with Crippen LogP contribution in [0, 0.1) is 11.3 Å². The van der Waals surface area contributed by atoms with Crippen LogP contribution in [0.2, 0.25) is 0 Å². The van der Waals surface area contributed by atoms with Gasteiger partial charge in [0.25, 0.3) is 0 Å². The fraction of sp³-hybridized carbons (Fsp3) is 0.600. The SMILES string of the molecule is CN(C(=O)N1CC(S(=O)(=O)N2CCC(c3ccc(C#N)cc3)CC2)C1)C1CC1. The average Bonchev–Trinajstić information content (AvgIpc) is 3.51. The highest BCUT2D eigenvalue weighted by molar-refractivity contribution is 7.89. The molecule has 8 heteroatoms. The first-order chi connectivity index (χ1) is 13.4. The third-order valence-corrected chi connectivity index (χ3v) is 8.49. The predicted octanol–water partition coefficient (Wildman–Crippen LogP) is 1.97. The van der Waals surface area contributed by atoms with Gasteiger partial charge in [-0.15, -0.1) is 0 Å². The minimum absolute atomic E-state index is 0.0477. The van der Waals surface area contributed by atoms with E-state index >= 15 is 0 Å². The van der Waals surface area contributed by atoms with Crippen molar-refractivity contribution in [1.29, 1.82) is 5.26 Å². The molecule has 2 amide bonds. The molecule has 0 bridgehead atoms. The highest BCUT2D eigenvalue weighted by atomic mass is 32.2. The van der Waals surface area contributed by atoms with E-state index in [0.717, 1.165) is 25.7 Å². The molecule has 2 aliphatic heterocycles. The van der Waals surface area contributed by atoms with Gasteiger partial charge in [0.15, 0.2) is 0 Å². The van der Waals surface area contributed by atoms with Crippen LogP contribution in [-0.4, -0.2) is 73.1 Å². The molecule has 3 aliphatic rings. The van der Waals surface area contributed by atoms with Crippen LogP contribution in [0.1, 0.15) is 42.7 Å². The van der Waals surface area contributed by atoms with Crippen molar-refractivity contribution in [2.45, 2.75) is 42.9 Å². The molecular formula is C20H26N4O3S. The first-order valence-corrected chi connectivity index (χ1v) is 11.4. The molecule has 0 N–H and O–H groups in total. The normalized spacial score (nSPS) is 21.8. The van der Waals surface area contributed by atoms with E-state index in [1.807, 2.05) is 24.3 Å². The fourth-order valence-corrected chi connectivity index (χ4v) is 5.99. The molecule has 0 spiro atoms. The van der Waals surface area contributed by atoms with Gasteiger partial charge >= 0.3 is 6.03 Å². The second-order valence-corrected chi connectivity index (χ2v) is 10.3. The molecule has 1 aromatic carbocycles. The molecule has 0 unspecified atom stereocenters. The average molecular weight is 403 g/mol. The smallest absolute Gasteiger partial charge is 0.320 e. The van der Waals surface area contributed by atoms with E-state index in [-0.39, 0.29) is 6.03 Å². The fourth-order valence-electron chi connectivity index (χ4n) is 4.11. The molecule has 4 rings (SSSR count). The second kappa shape index (κ2) is 7.37. The van der Waals surface area contributed by atoms with Crippen molar-refractivity contribution in [1.82, 2.24) is 14.1 Å². The lowest BCUT2D eigenvalue weighted by Crippen LogP contribution is -2.62. The van der Waals surface area contributed by atoms with Crippen LogP contribution in [0.4, 0.5) is 4.79 Å². The molecule has 0 radical (unpaired) electrons. The predicted molar refractivity (Wildman–Crippen MR) is 105 cm³/mol. The first-order valence-electron chi connectivity index (χ1n) is 9.91. The van der Waals surface area contributed by atoms with Gasteiger partial charge in [0.2, 0.25) is 10.0 Å². The van der Waals surface area contributed by atoms with Gasteiger partial charge in [-0.25, -0.2) is 17.5 Å². The van der Waals surface area contributed by atoms with Gasteiger partial charge in [-0.1, -0.05) is 12.1 Å². The Kier molecular flexibility index (Phi) is 5.06. The van der Waals surface area contributed by atoms with Gasteiger partial charge in [-0.05, 0) is 49.3 Å². The summed E-state index contributed by atoms with van der Waals surface area (Å²) in [5.41, 5.74) is 1.81. The lowest BCUT2D eigenvalue weighted by atomic mass is 9.90. The Morgan fingerprint density at radius 3 is 2.25 bits per heavy atom. The summed E-state index contributed by atoms with van der Waals surface area (Å²) < 4.78 is 27.4. The number of piperidine rings is 1. The van der Waals surface area contributed by atoms with E-state index in [1.54, 1.807) is 21.2 Å².